The smallest absolute Gasteiger partial charge is 0.343 e. The molecule has 122 valence electrons. The van der Waals surface area contributed by atoms with E-state index in [2.05, 4.69) is 0 Å². The molecule has 0 spiro atoms. The van der Waals surface area contributed by atoms with Crippen LogP contribution in [0.15, 0.2) is 46.9 Å². The van der Waals surface area contributed by atoms with E-state index >= 15 is 0 Å². The Morgan fingerprint density at radius 3 is 2.33 bits per heavy atom. The zero-order chi connectivity index (χ0) is 17.3. The van der Waals surface area contributed by atoms with Crippen LogP contribution in [-0.2, 0) is 4.74 Å². The molecule has 1 heterocycles. The van der Waals surface area contributed by atoms with Gasteiger partial charge in [-0.25, -0.2) is 9.59 Å². The van der Waals surface area contributed by atoms with Crippen molar-refractivity contribution in [3.05, 3.63) is 64.9 Å². The summed E-state index contributed by atoms with van der Waals surface area (Å²) in [6.45, 7) is 3.63. The predicted octanol–water partition coefficient (Wildman–Crippen LogP) is 4.06. The van der Waals surface area contributed by atoms with E-state index in [1.807, 2.05) is 19.1 Å². The second-order valence-electron chi connectivity index (χ2n) is 5.44. The molecule has 5 nitrogen and oxygen atoms in total. The highest BCUT2D eigenvalue weighted by Gasteiger charge is 2.20. The summed E-state index contributed by atoms with van der Waals surface area (Å²) >= 11 is 0. The van der Waals surface area contributed by atoms with Gasteiger partial charge in [0.05, 0.1) is 12.7 Å². The number of carbonyl (C=O) groups is 2. The first kappa shape index (κ1) is 15.8. The molecule has 2 aromatic carbocycles. The highest BCUT2D eigenvalue weighted by atomic mass is 16.5. The van der Waals surface area contributed by atoms with Gasteiger partial charge in [0.1, 0.15) is 22.7 Å². The molecular weight excluding hydrogens is 308 g/mol. The number of esters is 2. The molecule has 24 heavy (non-hydrogen) atoms. The summed E-state index contributed by atoms with van der Waals surface area (Å²) in [5.41, 5.74) is 2.38. The monoisotopic (exact) mass is 324 g/mol. The van der Waals surface area contributed by atoms with Gasteiger partial charge in [0, 0.05) is 5.39 Å². The SMILES string of the molecule is COC(=O)c1c(C)oc2ccc(OC(=O)c3ccc(C)cc3)cc12. The number of rotatable bonds is 3. The first-order chi connectivity index (χ1) is 11.5. The van der Waals surface area contributed by atoms with Crippen LogP contribution in [0.2, 0.25) is 0 Å². The van der Waals surface area contributed by atoms with Gasteiger partial charge < -0.3 is 13.9 Å². The fraction of sp³-hybridized carbons (Fsp3) is 0.158. The van der Waals surface area contributed by atoms with Gasteiger partial charge in [-0.15, -0.1) is 0 Å². The van der Waals surface area contributed by atoms with Crippen LogP contribution in [0.4, 0.5) is 0 Å². The first-order valence-corrected chi connectivity index (χ1v) is 7.40. The summed E-state index contributed by atoms with van der Waals surface area (Å²) < 4.78 is 15.7. The van der Waals surface area contributed by atoms with Crippen LogP contribution < -0.4 is 4.74 Å². The Morgan fingerprint density at radius 1 is 0.958 bits per heavy atom. The molecule has 0 atom stereocenters. The zero-order valence-corrected chi connectivity index (χ0v) is 13.6. The van der Waals surface area contributed by atoms with Crippen LogP contribution in [0, 0.1) is 13.8 Å². The lowest BCUT2D eigenvalue weighted by Crippen LogP contribution is -2.08. The van der Waals surface area contributed by atoms with E-state index in [0.29, 0.717) is 33.6 Å². The molecule has 0 radical (unpaired) electrons. The minimum Gasteiger partial charge on any atom is -0.465 e. The largest absolute Gasteiger partial charge is 0.465 e. The number of hydrogen-bond acceptors (Lipinski definition) is 5. The summed E-state index contributed by atoms with van der Waals surface area (Å²) in [5.74, 6) is -0.166. The molecule has 5 heteroatoms. The molecule has 3 aromatic rings. The molecule has 1 aromatic heterocycles. The standard InChI is InChI=1S/C19H16O5/c1-11-4-6-13(7-5-11)18(20)24-14-8-9-16-15(10-14)17(12(2)23-16)19(21)22-3/h4-10H,1-3H3. The molecule has 0 saturated carbocycles. The van der Waals surface area contributed by atoms with Crippen LogP contribution in [-0.4, -0.2) is 19.0 Å². The van der Waals surface area contributed by atoms with Gasteiger partial charge in [0.25, 0.3) is 0 Å². The summed E-state index contributed by atoms with van der Waals surface area (Å²) in [4.78, 5) is 24.1. The van der Waals surface area contributed by atoms with E-state index in [1.54, 1.807) is 37.3 Å². The molecule has 0 amide bonds. The van der Waals surface area contributed by atoms with Gasteiger partial charge in [-0.3, -0.25) is 0 Å². The van der Waals surface area contributed by atoms with Crippen molar-refractivity contribution in [3.63, 3.8) is 0 Å². The molecule has 0 bridgehead atoms. The summed E-state index contributed by atoms with van der Waals surface area (Å²) in [6.07, 6.45) is 0. The molecular formula is C19H16O5. The number of aryl methyl sites for hydroxylation is 2. The number of methoxy groups -OCH3 is 1. The van der Waals surface area contributed by atoms with E-state index in [9.17, 15) is 9.59 Å². The predicted molar refractivity (Wildman–Crippen MR) is 88.4 cm³/mol. The van der Waals surface area contributed by atoms with Crippen molar-refractivity contribution < 1.29 is 23.5 Å². The number of benzene rings is 2. The van der Waals surface area contributed by atoms with Gasteiger partial charge >= 0.3 is 11.9 Å². The molecule has 0 saturated heterocycles. The highest BCUT2D eigenvalue weighted by Crippen LogP contribution is 2.30. The molecule has 0 aliphatic heterocycles. The van der Waals surface area contributed by atoms with Crippen LogP contribution in [0.25, 0.3) is 11.0 Å². The third-order valence-corrected chi connectivity index (χ3v) is 3.72. The van der Waals surface area contributed by atoms with Crippen molar-refractivity contribution in [2.75, 3.05) is 7.11 Å². The maximum Gasteiger partial charge on any atom is 0.343 e. The van der Waals surface area contributed by atoms with Gasteiger partial charge in [-0.05, 0) is 44.2 Å². The number of hydrogen-bond donors (Lipinski definition) is 0. The summed E-state index contributed by atoms with van der Waals surface area (Å²) in [6, 6.07) is 12.0. The van der Waals surface area contributed by atoms with E-state index in [0.717, 1.165) is 5.56 Å². The zero-order valence-electron chi connectivity index (χ0n) is 13.6. The lowest BCUT2D eigenvalue weighted by molar-refractivity contribution is 0.0600. The lowest BCUT2D eigenvalue weighted by Gasteiger charge is -2.05. The molecule has 0 N–H and O–H groups in total. The Hall–Kier alpha value is -3.08. The van der Waals surface area contributed by atoms with Crippen LogP contribution in [0.5, 0.6) is 5.75 Å². The van der Waals surface area contributed by atoms with Gasteiger partial charge in [-0.1, -0.05) is 17.7 Å². The highest BCUT2D eigenvalue weighted by molar-refractivity contribution is 6.05. The van der Waals surface area contributed by atoms with Crippen molar-refractivity contribution in [1.82, 2.24) is 0 Å². The van der Waals surface area contributed by atoms with Crippen molar-refractivity contribution in [3.8, 4) is 5.75 Å². The van der Waals surface area contributed by atoms with Crippen LogP contribution in [0.1, 0.15) is 32.0 Å². The van der Waals surface area contributed by atoms with E-state index < -0.39 is 11.9 Å². The van der Waals surface area contributed by atoms with Gasteiger partial charge in [-0.2, -0.15) is 0 Å². The number of ether oxygens (including phenoxy) is 2. The fourth-order valence-electron chi connectivity index (χ4n) is 2.47. The van der Waals surface area contributed by atoms with Crippen LogP contribution in [0.3, 0.4) is 0 Å². The van der Waals surface area contributed by atoms with Crippen molar-refractivity contribution in [2.45, 2.75) is 13.8 Å². The number of fused-ring (bicyclic) bond motifs is 1. The molecule has 0 unspecified atom stereocenters. The quantitative estimate of drug-likeness (QED) is 0.537. The Bertz CT molecular complexity index is 919. The topological polar surface area (TPSA) is 65.7 Å². The van der Waals surface area contributed by atoms with E-state index in [4.69, 9.17) is 13.9 Å². The Morgan fingerprint density at radius 2 is 1.67 bits per heavy atom. The maximum absolute atomic E-state index is 12.2. The van der Waals surface area contributed by atoms with E-state index in [1.165, 1.54) is 7.11 Å². The molecule has 0 aliphatic carbocycles. The van der Waals surface area contributed by atoms with Gasteiger partial charge in [0.15, 0.2) is 0 Å². The average molecular weight is 324 g/mol. The Kier molecular flexibility index (Phi) is 4.08. The lowest BCUT2D eigenvalue weighted by atomic mass is 10.1. The number of furan rings is 1. The first-order valence-electron chi connectivity index (χ1n) is 7.40. The minimum atomic E-state index is -0.492. The second-order valence-corrected chi connectivity index (χ2v) is 5.44. The third-order valence-electron chi connectivity index (χ3n) is 3.72. The van der Waals surface area contributed by atoms with Crippen LogP contribution >= 0.6 is 0 Å². The number of carbonyl (C=O) groups excluding carboxylic acids is 2. The minimum absolute atomic E-state index is 0.332. The summed E-state index contributed by atoms with van der Waals surface area (Å²) in [5, 5.41) is 0.550. The maximum atomic E-state index is 12.2. The molecule has 0 aliphatic rings. The average Bonchev–Trinajstić information content (AvgIpc) is 2.90. The Labute approximate surface area is 138 Å². The molecule has 0 fully saturated rings. The third kappa shape index (κ3) is 2.88. The Balaban J connectivity index is 1.94. The van der Waals surface area contributed by atoms with Crippen molar-refractivity contribution in [2.24, 2.45) is 0 Å². The van der Waals surface area contributed by atoms with Crippen molar-refractivity contribution in [1.29, 1.82) is 0 Å². The normalized spacial score (nSPS) is 10.6. The summed E-state index contributed by atoms with van der Waals surface area (Å²) in [7, 11) is 1.31. The van der Waals surface area contributed by atoms with Crippen molar-refractivity contribution >= 4 is 22.9 Å². The fourth-order valence-corrected chi connectivity index (χ4v) is 2.47. The van der Waals surface area contributed by atoms with Gasteiger partial charge in [0.2, 0.25) is 0 Å². The molecule has 3 rings (SSSR count). The second kappa shape index (κ2) is 6.20. The van der Waals surface area contributed by atoms with E-state index in [-0.39, 0.29) is 0 Å².